The maximum atomic E-state index is 11.3. The van der Waals surface area contributed by atoms with Gasteiger partial charge in [-0.25, -0.2) is 15.4 Å². The smallest absolute Gasteiger partial charge is 0.306 e. The van der Waals surface area contributed by atoms with E-state index in [9.17, 15) is 9.59 Å². The zero-order chi connectivity index (χ0) is 11.7. The van der Waals surface area contributed by atoms with Crippen molar-refractivity contribution in [3.05, 3.63) is 28.7 Å². The largest absolute Gasteiger partial charge is 0.335 e. The number of carbonyl (C=O) groups is 1. The number of hydrogen-bond donors (Lipinski definition) is 4. The van der Waals surface area contributed by atoms with Gasteiger partial charge in [-0.15, -0.1) is 0 Å². The van der Waals surface area contributed by atoms with Crippen molar-refractivity contribution in [3.63, 3.8) is 0 Å². The van der Waals surface area contributed by atoms with E-state index >= 15 is 0 Å². The normalized spacial score (nSPS) is 10.4. The number of fused-ring (bicyclic) bond motifs is 1. The number of hydrazine groups is 1. The SMILES string of the molecule is CN(C(=O)NN)c1ccc2[nH]c(=O)[nH]c2c1. The molecule has 0 spiro atoms. The molecule has 16 heavy (non-hydrogen) atoms. The van der Waals surface area contributed by atoms with Crippen molar-refractivity contribution >= 4 is 22.8 Å². The lowest BCUT2D eigenvalue weighted by Gasteiger charge is -2.15. The first-order valence-electron chi connectivity index (χ1n) is 4.58. The van der Waals surface area contributed by atoms with Crippen LogP contribution < -0.4 is 21.9 Å². The predicted octanol–water partition coefficient (Wildman–Crippen LogP) is -0.124. The molecule has 0 atom stereocenters. The molecule has 84 valence electrons. The molecule has 0 saturated heterocycles. The fraction of sp³-hybridized carbons (Fsp3) is 0.111. The third kappa shape index (κ3) is 1.63. The molecule has 7 nitrogen and oxygen atoms in total. The van der Waals surface area contributed by atoms with Crippen LogP contribution in [0.4, 0.5) is 10.5 Å². The molecule has 0 saturated carbocycles. The van der Waals surface area contributed by atoms with E-state index in [1.165, 1.54) is 4.90 Å². The molecule has 0 bridgehead atoms. The maximum Gasteiger partial charge on any atom is 0.335 e. The van der Waals surface area contributed by atoms with Crippen molar-refractivity contribution in [1.29, 1.82) is 0 Å². The Hall–Kier alpha value is -2.28. The molecule has 2 aromatic rings. The number of H-pyrrole nitrogens is 2. The molecule has 1 aromatic heterocycles. The number of amides is 2. The van der Waals surface area contributed by atoms with Crippen LogP contribution in [0.2, 0.25) is 0 Å². The van der Waals surface area contributed by atoms with E-state index in [0.717, 1.165) is 0 Å². The minimum atomic E-state index is -0.433. The number of nitrogens with two attached hydrogens (primary N) is 1. The van der Waals surface area contributed by atoms with Crippen LogP contribution in [0.3, 0.4) is 0 Å². The van der Waals surface area contributed by atoms with Gasteiger partial charge in [-0.1, -0.05) is 0 Å². The quantitative estimate of drug-likeness (QED) is 0.306. The summed E-state index contributed by atoms with van der Waals surface area (Å²) in [5.41, 5.74) is 3.70. The summed E-state index contributed by atoms with van der Waals surface area (Å²) < 4.78 is 0. The third-order valence-electron chi connectivity index (χ3n) is 2.31. The minimum absolute atomic E-state index is 0.280. The van der Waals surface area contributed by atoms with Crippen LogP contribution in [-0.2, 0) is 0 Å². The highest BCUT2D eigenvalue weighted by molar-refractivity contribution is 5.93. The Balaban J connectivity index is 2.46. The molecule has 1 heterocycles. The molecule has 5 N–H and O–H groups in total. The Morgan fingerprint density at radius 2 is 2.06 bits per heavy atom. The number of anilines is 1. The molecule has 0 aliphatic rings. The summed E-state index contributed by atoms with van der Waals surface area (Å²) in [4.78, 5) is 28.9. The Bertz CT molecular complexity index is 585. The van der Waals surface area contributed by atoms with Crippen LogP contribution in [0.1, 0.15) is 0 Å². The van der Waals surface area contributed by atoms with E-state index in [4.69, 9.17) is 5.84 Å². The highest BCUT2D eigenvalue weighted by atomic mass is 16.2. The van der Waals surface area contributed by atoms with Gasteiger partial charge in [0.05, 0.1) is 11.0 Å². The first kappa shape index (κ1) is 10.2. The first-order chi connectivity index (χ1) is 7.61. The molecule has 0 aliphatic heterocycles. The van der Waals surface area contributed by atoms with Crippen LogP contribution in [-0.4, -0.2) is 23.0 Å². The Labute approximate surface area is 90.2 Å². The van der Waals surface area contributed by atoms with Gasteiger partial charge in [0.25, 0.3) is 0 Å². The number of carbonyl (C=O) groups excluding carboxylic acids is 1. The molecule has 1 aromatic carbocycles. The van der Waals surface area contributed by atoms with Crippen LogP contribution in [0, 0.1) is 0 Å². The number of aromatic nitrogens is 2. The minimum Gasteiger partial charge on any atom is -0.306 e. The van der Waals surface area contributed by atoms with Crippen LogP contribution in [0.5, 0.6) is 0 Å². The van der Waals surface area contributed by atoms with E-state index in [0.29, 0.717) is 16.7 Å². The summed E-state index contributed by atoms with van der Waals surface area (Å²) in [5.74, 6) is 5.02. The standard InChI is InChI=1S/C9H11N5O2/c1-14(9(16)13-10)5-2-3-6-7(4-5)12-8(15)11-6/h2-4H,10H2,1H3,(H,13,16)(H2,11,12,15). The molecule has 7 heteroatoms. The number of nitrogens with one attached hydrogen (secondary N) is 3. The average molecular weight is 221 g/mol. The first-order valence-corrected chi connectivity index (χ1v) is 4.58. The monoisotopic (exact) mass is 221 g/mol. The number of hydrogen-bond acceptors (Lipinski definition) is 3. The number of aromatic amines is 2. The van der Waals surface area contributed by atoms with Gasteiger partial charge in [0.15, 0.2) is 0 Å². The lowest BCUT2D eigenvalue weighted by molar-refractivity contribution is 0.248. The zero-order valence-electron chi connectivity index (χ0n) is 8.57. The fourth-order valence-electron chi connectivity index (χ4n) is 1.44. The molecule has 2 amide bonds. The van der Waals surface area contributed by atoms with Crippen molar-refractivity contribution in [1.82, 2.24) is 15.4 Å². The van der Waals surface area contributed by atoms with Gasteiger partial charge in [0, 0.05) is 12.7 Å². The summed E-state index contributed by atoms with van der Waals surface area (Å²) in [5, 5.41) is 0. The molecule has 0 fully saturated rings. The summed E-state index contributed by atoms with van der Waals surface area (Å²) >= 11 is 0. The topological polar surface area (TPSA) is 107 Å². The second-order valence-electron chi connectivity index (χ2n) is 3.32. The summed E-state index contributed by atoms with van der Waals surface area (Å²) in [7, 11) is 1.58. The third-order valence-corrected chi connectivity index (χ3v) is 2.31. The molecule has 2 rings (SSSR count). The molecule has 0 aliphatic carbocycles. The van der Waals surface area contributed by atoms with Crippen molar-refractivity contribution in [3.8, 4) is 0 Å². The van der Waals surface area contributed by atoms with E-state index in [1.807, 2.05) is 5.43 Å². The van der Waals surface area contributed by atoms with Crippen molar-refractivity contribution < 1.29 is 4.79 Å². The van der Waals surface area contributed by atoms with Crippen LogP contribution >= 0.6 is 0 Å². The second kappa shape index (κ2) is 3.70. The number of imidazole rings is 1. The Morgan fingerprint density at radius 3 is 2.75 bits per heavy atom. The lowest BCUT2D eigenvalue weighted by Crippen LogP contribution is -2.41. The Kier molecular flexibility index (Phi) is 2.37. The number of urea groups is 1. The molecule has 0 radical (unpaired) electrons. The van der Waals surface area contributed by atoms with Gasteiger partial charge in [-0.2, -0.15) is 0 Å². The average Bonchev–Trinajstić information content (AvgIpc) is 2.65. The van der Waals surface area contributed by atoms with E-state index < -0.39 is 6.03 Å². The predicted molar refractivity (Wildman–Crippen MR) is 60.0 cm³/mol. The Morgan fingerprint density at radius 1 is 1.38 bits per heavy atom. The highest BCUT2D eigenvalue weighted by Gasteiger charge is 2.09. The maximum absolute atomic E-state index is 11.3. The zero-order valence-corrected chi connectivity index (χ0v) is 8.57. The van der Waals surface area contributed by atoms with Gasteiger partial charge >= 0.3 is 11.7 Å². The van der Waals surface area contributed by atoms with Gasteiger partial charge < -0.3 is 9.97 Å². The summed E-state index contributed by atoms with van der Waals surface area (Å²) in [6.45, 7) is 0. The lowest BCUT2D eigenvalue weighted by atomic mass is 10.2. The number of benzene rings is 1. The second-order valence-corrected chi connectivity index (χ2v) is 3.32. The fourth-order valence-corrected chi connectivity index (χ4v) is 1.44. The van der Waals surface area contributed by atoms with Crippen LogP contribution in [0.25, 0.3) is 11.0 Å². The van der Waals surface area contributed by atoms with Crippen LogP contribution in [0.15, 0.2) is 23.0 Å². The van der Waals surface area contributed by atoms with Gasteiger partial charge in [0.2, 0.25) is 0 Å². The number of nitrogens with zero attached hydrogens (tertiary/aromatic N) is 1. The summed E-state index contributed by atoms with van der Waals surface area (Å²) in [6, 6.07) is 4.67. The van der Waals surface area contributed by atoms with E-state index in [1.54, 1.807) is 25.2 Å². The van der Waals surface area contributed by atoms with Crippen molar-refractivity contribution in [2.24, 2.45) is 5.84 Å². The molecule has 0 unspecified atom stereocenters. The van der Waals surface area contributed by atoms with Gasteiger partial charge in [-0.3, -0.25) is 10.3 Å². The molecular formula is C9H11N5O2. The van der Waals surface area contributed by atoms with E-state index in [-0.39, 0.29) is 5.69 Å². The summed E-state index contributed by atoms with van der Waals surface area (Å²) in [6.07, 6.45) is 0. The van der Waals surface area contributed by atoms with Gasteiger partial charge in [0.1, 0.15) is 0 Å². The van der Waals surface area contributed by atoms with Crippen molar-refractivity contribution in [2.45, 2.75) is 0 Å². The highest BCUT2D eigenvalue weighted by Crippen LogP contribution is 2.17. The van der Waals surface area contributed by atoms with Gasteiger partial charge in [-0.05, 0) is 18.2 Å². The van der Waals surface area contributed by atoms with E-state index in [2.05, 4.69) is 9.97 Å². The number of rotatable bonds is 1. The van der Waals surface area contributed by atoms with Crippen molar-refractivity contribution in [2.75, 3.05) is 11.9 Å². The molecular weight excluding hydrogens is 210 g/mol.